The number of rotatable bonds is 52. The SMILES string of the molecule is CCC/C=C\C/C=C\CCCCCCCC(=O)OCC(COC(=O)CCCCCCCCCCC/C=C\CCCCCCCC)OC(=O)CCCCCCCCCCCCCCCCC. The van der Waals surface area contributed by atoms with E-state index in [2.05, 4.69) is 57.2 Å². The summed E-state index contributed by atoms with van der Waals surface area (Å²) in [6, 6.07) is 0. The van der Waals surface area contributed by atoms with E-state index in [0.29, 0.717) is 19.3 Å². The fourth-order valence-corrected chi connectivity index (χ4v) is 8.30. The zero-order valence-corrected chi connectivity index (χ0v) is 43.5. The Labute approximate surface area is 404 Å². The second kappa shape index (κ2) is 54.2. The van der Waals surface area contributed by atoms with Gasteiger partial charge in [0.1, 0.15) is 13.2 Å². The van der Waals surface area contributed by atoms with Crippen molar-refractivity contribution < 1.29 is 28.6 Å². The van der Waals surface area contributed by atoms with Gasteiger partial charge in [0.15, 0.2) is 6.10 Å². The number of hydrogen-bond acceptors (Lipinski definition) is 6. The van der Waals surface area contributed by atoms with E-state index in [4.69, 9.17) is 14.2 Å². The highest BCUT2D eigenvalue weighted by Gasteiger charge is 2.19. The van der Waals surface area contributed by atoms with Crippen LogP contribution in [-0.2, 0) is 28.6 Å². The lowest BCUT2D eigenvalue weighted by Gasteiger charge is -2.18. The summed E-state index contributed by atoms with van der Waals surface area (Å²) in [7, 11) is 0. The number of carbonyl (C=O) groups excluding carboxylic acids is 3. The van der Waals surface area contributed by atoms with E-state index in [-0.39, 0.29) is 31.1 Å². The van der Waals surface area contributed by atoms with Gasteiger partial charge in [-0.2, -0.15) is 0 Å². The summed E-state index contributed by atoms with van der Waals surface area (Å²) in [6.45, 7) is 6.60. The Bertz CT molecular complexity index is 1090. The Hall–Kier alpha value is -2.37. The minimum Gasteiger partial charge on any atom is -0.462 e. The van der Waals surface area contributed by atoms with Crippen molar-refractivity contribution in [3.8, 4) is 0 Å². The molecule has 0 heterocycles. The second-order valence-corrected chi connectivity index (χ2v) is 19.2. The molecule has 0 aliphatic heterocycles. The molecule has 0 N–H and O–H groups in total. The van der Waals surface area contributed by atoms with Crippen LogP contribution in [0.15, 0.2) is 36.5 Å². The number of carbonyl (C=O) groups is 3. The van der Waals surface area contributed by atoms with Crippen molar-refractivity contribution in [1.29, 1.82) is 0 Å². The van der Waals surface area contributed by atoms with Crippen LogP contribution in [0.4, 0.5) is 0 Å². The third kappa shape index (κ3) is 52.5. The highest BCUT2D eigenvalue weighted by Crippen LogP contribution is 2.16. The molecular formula is C59H108O6. The van der Waals surface area contributed by atoms with E-state index in [1.807, 2.05) is 0 Å². The normalized spacial score (nSPS) is 12.2. The van der Waals surface area contributed by atoms with E-state index >= 15 is 0 Å². The molecule has 0 radical (unpaired) electrons. The Kier molecular flexibility index (Phi) is 52.3. The first kappa shape index (κ1) is 62.6. The minimum atomic E-state index is -0.775. The third-order valence-electron chi connectivity index (χ3n) is 12.6. The van der Waals surface area contributed by atoms with Gasteiger partial charge in [-0.25, -0.2) is 0 Å². The van der Waals surface area contributed by atoms with Crippen molar-refractivity contribution in [1.82, 2.24) is 0 Å². The van der Waals surface area contributed by atoms with Crippen LogP contribution in [0.2, 0.25) is 0 Å². The van der Waals surface area contributed by atoms with Gasteiger partial charge in [-0.1, -0.05) is 250 Å². The summed E-state index contributed by atoms with van der Waals surface area (Å²) < 4.78 is 16.9. The highest BCUT2D eigenvalue weighted by atomic mass is 16.6. The molecule has 1 unspecified atom stereocenters. The lowest BCUT2D eigenvalue weighted by atomic mass is 10.0. The molecule has 0 amide bonds. The van der Waals surface area contributed by atoms with Gasteiger partial charge in [0.05, 0.1) is 0 Å². The molecule has 1 atom stereocenters. The standard InChI is InChI=1S/C59H108O6/c1-4-7-10-13-16-19-22-25-27-28-29-30-32-34-37-40-43-46-49-52-58(61)64-55-56(54-63-57(60)51-48-45-42-39-36-33-24-21-18-15-12-9-6-3)65-59(62)53-50-47-44-41-38-35-31-26-23-20-17-14-11-8-5-2/h12,15,21,24-25,27,56H,4-11,13-14,16-20,22-23,26,28-55H2,1-3H3/b15-12-,24-21-,27-25-. The molecule has 0 saturated carbocycles. The smallest absolute Gasteiger partial charge is 0.306 e. The monoisotopic (exact) mass is 913 g/mol. The minimum absolute atomic E-state index is 0.0743. The summed E-state index contributed by atoms with van der Waals surface area (Å²) >= 11 is 0. The van der Waals surface area contributed by atoms with Crippen molar-refractivity contribution in [2.24, 2.45) is 0 Å². The summed E-state index contributed by atoms with van der Waals surface area (Å²) in [4.78, 5) is 38.1. The summed E-state index contributed by atoms with van der Waals surface area (Å²) in [5, 5.41) is 0. The number of unbranched alkanes of at least 4 members (excludes halogenated alkanes) is 35. The molecule has 6 nitrogen and oxygen atoms in total. The molecule has 0 saturated heterocycles. The summed E-state index contributed by atoms with van der Waals surface area (Å²) in [5.74, 6) is -0.875. The first-order valence-corrected chi connectivity index (χ1v) is 28.5. The zero-order valence-electron chi connectivity index (χ0n) is 43.5. The molecular weight excluding hydrogens is 805 g/mol. The highest BCUT2D eigenvalue weighted by molar-refractivity contribution is 5.71. The van der Waals surface area contributed by atoms with Crippen LogP contribution < -0.4 is 0 Å². The van der Waals surface area contributed by atoms with Crippen molar-refractivity contribution in [2.75, 3.05) is 13.2 Å². The van der Waals surface area contributed by atoms with Crippen LogP contribution in [0.25, 0.3) is 0 Å². The fourth-order valence-electron chi connectivity index (χ4n) is 8.30. The number of ether oxygens (including phenoxy) is 3. The number of hydrogen-bond donors (Lipinski definition) is 0. The second-order valence-electron chi connectivity index (χ2n) is 19.2. The Morgan fingerprint density at radius 1 is 0.308 bits per heavy atom. The van der Waals surface area contributed by atoms with E-state index in [1.54, 1.807) is 0 Å². The molecule has 65 heavy (non-hydrogen) atoms. The lowest BCUT2D eigenvalue weighted by molar-refractivity contribution is -0.167. The molecule has 0 fully saturated rings. The van der Waals surface area contributed by atoms with Crippen LogP contribution in [-0.4, -0.2) is 37.2 Å². The molecule has 0 aliphatic rings. The maximum absolute atomic E-state index is 12.8. The predicted molar refractivity (Wildman–Crippen MR) is 279 cm³/mol. The molecule has 380 valence electrons. The van der Waals surface area contributed by atoms with Crippen molar-refractivity contribution in [3.63, 3.8) is 0 Å². The quantitative estimate of drug-likeness (QED) is 0.0262. The van der Waals surface area contributed by atoms with E-state index in [1.165, 1.54) is 180 Å². The molecule has 0 aromatic carbocycles. The van der Waals surface area contributed by atoms with Crippen molar-refractivity contribution in [3.05, 3.63) is 36.5 Å². The predicted octanol–water partition coefficient (Wildman–Crippen LogP) is 18.9. The Morgan fingerprint density at radius 3 is 0.923 bits per heavy atom. The van der Waals surface area contributed by atoms with E-state index < -0.39 is 6.10 Å². The fraction of sp³-hybridized carbons (Fsp3) is 0.847. The average molecular weight is 914 g/mol. The van der Waals surface area contributed by atoms with Crippen LogP contribution in [0, 0.1) is 0 Å². The van der Waals surface area contributed by atoms with Crippen LogP contribution >= 0.6 is 0 Å². The lowest BCUT2D eigenvalue weighted by Crippen LogP contribution is -2.30. The molecule has 0 bridgehead atoms. The van der Waals surface area contributed by atoms with Crippen molar-refractivity contribution >= 4 is 17.9 Å². The third-order valence-corrected chi connectivity index (χ3v) is 12.6. The van der Waals surface area contributed by atoms with Crippen LogP contribution in [0.5, 0.6) is 0 Å². The largest absolute Gasteiger partial charge is 0.462 e. The topological polar surface area (TPSA) is 78.9 Å². The Balaban J connectivity index is 4.32. The van der Waals surface area contributed by atoms with Gasteiger partial charge in [0, 0.05) is 19.3 Å². The number of allylic oxidation sites excluding steroid dienone is 6. The van der Waals surface area contributed by atoms with Gasteiger partial charge in [-0.3, -0.25) is 14.4 Å². The summed E-state index contributed by atoms with van der Waals surface area (Å²) in [6.07, 6.45) is 64.2. The molecule has 0 spiro atoms. The van der Waals surface area contributed by atoms with Gasteiger partial charge in [-0.05, 0) is 70.6 Å². The van der Waals surface area contributed by atoms with Gasteiger partial charge >= 0.3 is 17.9 Å². The molecule has 6 heteroatoms. The van der Waals surface area contributed by atoms with E-state index in [0.717, 1.165) is 83.5 Å². The van der Waals surface area contributed by atoms with E-state index in [9.17, 15) is 14.4 Å². The van der Waals surface area contributed by atoms with Gasteiger partial charge in [0.2, 0.25) is 0 Å². The van der Waals surface area contributed by atoms with Gasteiger partial charge in [0.25, 0.3) is 0 Å². The van der Waals surface area contributed by atoms with Gasteiger partial charge < -0.3 is 14.2 Å². The molecule has 0 aliphatic carbocycles. The summed E-state index contributed by atoms with van der Waals surface area (Å²) in [5.41, 5.74) is 0. The van der Waals surface area contributed by atoms with Crippen LogP contribution in [0.1, 0.15) is 303 Å². The molecule has 0 aromatic rings. The molecule has 0 aromatic heterocycles. The Morgan fingerprint density at radius 2 is 0.585 bits per heavy atom. The first-order chi connectivity index (χ1) is 32.0. The maximum atomic E-state index is 12.8. The molecule has 0 rings (SSSR count). The first-order valence-electron chi connectivity index (χ1n) is 28.5. The maximum Gasteiger partial charge on any atom is 0.306 e. The van der Waals surface area contributed by atoms with Crippen LogP contribution in [0.3, 0.4) is 0 Å². The average Bonchev–Trinajstić information content (AvgIpc) is 3.30. The van der Waals surface area contributed by atoms with Gasteiger partial charge in [-0.15, -0.1) is 0 Å². The van der Waals surface area contributed by atoms with Crippen molar-refractivity contribution in [2.45, 2.75) is 309 Å². The zero-order chi connectivity index (χ0) is 47.2. The number of esters is 3.